The number of carboxylic acid groups (broad SMARTS) is 1. The van der Waals surface area contributed by atoms with Gasteiger partial charge in [0.1, 0.15) is 5.75 Å². The lowest BCUT2D eigenvalue weighted by Crippen LogP contribution is -2.40. The van der Waals surface area contributed by atoms with Gasteiger partial charge in [-0.1, -0.05) is 23.5 Å². The fourth-order valence-corrected chi connectivity index (χ4v) is 5.81. The van der Waals surface area contributed by atoms with Crippen molar-refractivity contribution < 1.29 is 33.6 Å². The summed E-state index contributed by atoms with van der Waals surface area (Å²) in [6.07, 6.45) is 1.70. The number of halogens is 1. The number of methoxy groups -OCH3 is 1. The predicted molar refractivity (Wildman–Crippen MR) is 152 cm³/mol. The molecule has 12 heteroatoms. The van der Waals surface area contributed by atoms with Crippen LogP contribution in [0, 0.1) is 0 Å². The molecule has 0 saturated heterocycles. The predicted octanol–water partition coefficient (Wildman–Crippen LogP) is 3.43. The lowest BCUT2D eigenvalue weighted by molar-refractivity contribution is -0.140. The Balaban J connectivity index is 1.87. The van der Waals surface area contributed by atoms with Gasteiger partial charge < -0.3 is 24.1 Å². The smallest absolute Gasteiger partial charge is 0.341 e. The summed E-state index contributed by atoms with van der Waals surface area (Å²) in [5.74, 6) is -0.275. The molecule has 2 aromatic carbocycles. The monoisotopic (exact) mass is 630 g/mol. The number of rotatable bonds is 10. The van der Waals surface area contributed by atoms with Crippen LogP contribution in [-0.4, -0.2) is 48.5 Å². The summed E-state index contributed by atoms with van der Waals surface area (Å²) in [6, 6.07) is 9.53. The van der Waals surface area contributed by atoms with Crippen LogP contribution in [0.15, 0.2) is 61.9 Å². The first kappa shape index (κ1) is 29.1. The number of carboxylic acids is 1. The van der Waals surface area contributed by atoms with Gasteiger partial charge >= 0.3 is 11.9 Å². The van der Waals surface area contributed by atoms with E-state index in [0.717, 1.165) is 0 Å². The van der Waals surface area contributed by atoms with E-state index in [2.05, 4.69) is 20.9 Å². The van der Waals surface area contributed by atoms with E-state index in [4.69, 9.17) is 24.1 Å². The number of hydrogen-bond acceptors (Lipinski definition) is 9. The molecule has 2 heterocycles. The molecule has 0 aliphatic carbocycles. The average Bonchev–Trinajstić information content (AvgIpc) is 3.21. The number of hydrogen-bond donors (Lipinski definition) is 1. The second-order valence-electron chi connectivity index (χ2n) is 8.52. The Morgan fingerprint density at radius 3 is 2.50 bits per heavy atom. The second kappa shape index (κ2) is 12.5. The quantitative estimate of drug-likeness (QED) is 0.338. The van der Waals surface area contributed by atoms with Gasteiger partial charge in [0.2, 0.25) is 0 Å². The zero-order valence-electron chi connectivity index (χ0n) is 22.2. The molecule has 4 rings (SSSR count). The number of esters is 1. The van der Waals surface area contributed by atoms with Crippen LogP contribution in [0.3, 0.4) is 0 Å². The molecule has 10 nitrogen and oxygen atoms in total. The van der Waals surface area contributed by atoms with E-state index in [1.807, 2.05) is 6.92 Å². The van der Waals surface area contributed by atoms with Crippen molar-refractivity contribution in [2.45, 2.75) is 26.8 Å². The van der Waals surface area contributed by atoms with Gasteiger partial charge in [-0.25, -0.2) is 14.6 Å². The molecular weight excluding hydrogens is 604 g/mol. The molecule has 0 unspecified atom stereocenters. The van der Waals surface area contributed by atoms with Crippen molar-refractivity contribution in [3.05, 3.63) is 83.0 Å². The molecule has 1 aromatic heterocycles. The maximum atomic E-state index is 13.8. The highest BCUT2D eigenvalue weighted by molar-refractivity contribution is 9.10. The highest BCUT2D eigenvalue weighted by Gasteiger charge is 2.34. The van der Waals surface area contributed by atoms with Gasteiger partial charge in [-0.05, 0) is 78.2 Å². The minimum atomic E-state index is -1.09. The number of allylic oxidation sites excluding steroid dienone is 1. The number of aromatic nitrogens is 1. The van der Waals surface area contributed by atoms with Crippen molar-refractivity contribution in [2.24, 2.45) is 4.99 Å². The van der Waals surface area contributed by atoms with E-state index in [1.165, 1.54) is 23.0 Å². The molecule has 0 amide bonds. The van der Waals surface area contributed by atoms with Gasteiger partial charge in [0.05, 0.1) is 46.6 Å². The first-order chi connectivity index (χ1) is 19.2. The molecule has 0 fully saturated rings. The van der Waals surface area contributed by atoms with E-state index in [0.29, 0.717) is 54.5 Å². The number of carbonyl (C=O) groups excluding carboxylic acids is 1. The Labute approximate surface area is 241 Å². The molecule has 0 saturated carbocycles. The van der Waals surface area contributed by atoms with Gasteiger partial charge in [-0.2, -0.15) is 0 Å². The van der Waals surface area contributed by atoms with Crippen molar-refractivity contribution in [2.75, 3.05) is 26.9 Å². The van der Waals surface area contributed by atoms with Gasteiger partial charge in [-0.15, -0.1) is 0 Å². The fraction of sp³-hybridized carbons (Fsp3) is 0.286. The number of thiazole rings is 1. The summed E-state index contributed by atoms with van der Waals surface area (Å²) in [6.45, 7) is 5.38. The van der Waals surface area contributed by atoms with E-state index in [9.17, 15) is 14.4 Å². The standard InChI is InChI=1S/C28H27BrN2O8S/c1-5-37-21-13-17(8-10-20(21)36-4)25-24(27(35)38-6-2)15(3)30-28-31(25)26(34)22(40-28)12-16-7-9-19(18(29)11-16)39-14-23(32)33/h7-13,25H,5-6,14H2,1-4H3,(H,32,33)/b22-12+/t25-/m0/s1. The molecule has 0 spiro atoms. The first-order valence-electron chi connectivity index (χ1n) is 12.3. The Morgan fingerprint density at radius 2 is 1.85 bits per heavy atom. The number of benzene rings is 2. The summed E-state index contributed by atoms with van der Waals surface area (Å²) >= 11 is 4.58. The minimum absolute atomic E-state index is 0.167. The summed E-state index contributed by atoms with van der Waals surface area (Å²) in [4.78, 5) is 42.8. The van der Waals surface area contributed by atoms with E-state index in [-0.39, 0.29) is 17.7 Å². The number of aliphatic carboxylic acids is 1. The van der Waals surface area contributed by atoms with Crippen LogP contribution in [0.5, 0.6) is 17.2 Å². The third-order valence-electron chi connectivity index (χ3n) is 5.93. The van der Waals surface area contributed by atoms with Gasteiger partial charge in [-0.3, -0.25) is 9.36 Å². The normalized spacial score (nSPS) is 14.8. The molecule has 1 aliphatic heterocycles. The molecule has 0 bridgehead atoms. The van der Waals surface area contributed by atoms with Crippen LogP contribution in [-0.2, 0) is 14.3 Å². The molecule has 1 atom stereocenters. The summed E-state index contributed by atoms with van der Waals surface area (Å²) < 4.78 is 24.2. The SMILES string of the molecule is CCOC(=O)C1=C(C)N=c2s/c(=C/c3ccc(OCC(=O)O)c(Br)c3)c(=O)n2[C@H]1c1ccc(OC)c(OCC)c1. The van der Waals surface area contributed by atoms with Gasteiger partial charge in [0, 0.05) is 0 Å². The molecule has 1 aliphatic rings. The van der Waals surface area contributed by atoms with Crippen molar-refractivity contribution in [3.63, 3.8) is 0 Å². The van der Waals surface area contributed by atoms with Crippen LogP contribution in [0.25, 0.3) is 6.08 Å². The molecule has 3 aromatic rings. The van der Waals surface area contributed by atoms with E-state index in [1.54, 1.807) is 56.3 Å². The lowest BCUT2D eigenvalue weighted by atomic mass is 9.95. The van der Waals surface area contributed by atoms with Crippen molar-refractivity contribution in [1.29, 1.82) is 0 Å². The number of ether oxygens (including phenoxy) is 4. The summed E-state index contributed by atoms with van der Waals surface area (Å²) in [5, 5.41) is 8.86. The lowest BCUT2D eigenvalue weighted by Gasteiger charge is -2.25. The molecular formula is C28H27BrN2O8S. The molecule has 40 heavy (non-hydrogen) atoms. The molecule has 210 valence electrons. The van der Waals surface area contributed by atoms with Crippen LogP contribution in [0.1, 0.15) is 37.9 Å². The van der Waals surface area contributed by atoms with E-state index < -0.39 is 24.6 Å². The zero-order chi connectivity index (χ0) is 29.0. The van der Waals surface area contributed by atoms with E-state index >= 15 is 0 Å². The van der Waals surface area contributed by atoms with Crippen LogP contribution < -0.4 is 29.1 Å². The van der Waals surface area contributed by atoms with Gasteiger partial charge in [0.25, 0.3) is 5.56 Å². The highest BCUT2D eigenvalue weighted by Crippen LogP contribution is 2.36. The average molecular weight is 632 g/mol. The fourth-order valence-electron chi connectivity index (χ4n) is 4.25. The van der Waals surface area contributed by atoms with Crippen LogP contribution >= 0.6 is 27.3 Å². The number of fused-ring (bicyclic) bond motifs is 1. The zero-order valence-corrected chi connectivity index (χ0v) is 24.6. The van der Waals surface area contributed by atoms with Gasteiger partial charge in [0.15, 0.2) is 22.9 Å². The first-order valence-corrected chi connectivity index (χ1v) is 13.9. The number of carbonyl (C=O) groups is 2. The molecule has 0 radical (unpaired) electrons. The summed E-state index contributed by atoms with van der Waals surface area (Å²) in [7, 11) is 1.54. The Kier molecular flexibility index (Phi) is 9.10. The number of nitrogens with zero attached hydrogens (tertiary/aromatic N) is 2. The highest BCUT2D eigenvalue weighted by atomic mass is 79.9. The Morgan fingerprint density at radius 1 is 1.10 bits per heavy atom. The van der Waals surface area contributed by atoms with Crippen LogP contribution in [0.4, 0.5) is 0 Å². The summed E-state index contributed by atoms with van der Waals surface area (Å²) in [5.41, 5.74) is 1.70. The Bertz CT molecular complexity index is 1670. The topological polar surface area (TPSA) is 126 Å². The maximum Gasteiger partial charge on any atom is 0.341 e. The minimum Gasteiger partial charge on any atom is -0.493 e. The third-order valence-corrected chi connectivity index (χ3v) is 7.53. The Hall–Kier alpha value is -3.90. The maximum absolute atomic E-state index is 13.8. The van der Waals surface area contributed by atoms with Crippen molar-refractivity contribution in [3.8, 4) is 17.2 Å². The second-order valence-corrected chi connectivity index (χ2v) is 10.4. The third kappa shape index (κ3) is 5.97. The van der Waals surface area contributed by atoms with Crippen LogP contribution in [0.2, 0.25) is 0 Å². The molecule has 1 N–H and O–H groups in total. The van der Waals surface area contributed by atoms with Crippen molar-refractivity contribution in [1.82, 2.24) is 4.57 Å². The largest absolute Gasteiger partial charge is 0.493 e. The van der Waals surface area contributed by atoms with Crippen molar-refractivity contribution >= 4 is 45.3 Å².